The predicted molar refractivity (Wildman–Crippen MR) is 66.7 cm³/mol. The van der Waals surface area contributed by atoms with Gasteiger partial charge in [0, 0.05) is 17.5 Å². The summed E-state index contributed by atoms with van der Waals surface area (Å²) in [6.07, 6.45) is 0. The normalized spacial score (nSPS) is 11.0. The lowest BCUT2D eigenvalue weighted by atomic mass is 9.99. The van der Waals surface area contributed by atoms with Gasteiger partial charge in [-0.15, -0.1) is 0 Å². The summed E-state index contributed by atoms with van der Waals surface area (Å²) in [6, 6.07) is 4.12. The van der Waals surface area contributed by atoms with E-state index >= 15 is 0 Å². The van der Waals surface area contributed by atoms with Crippen molar-refractivity contribution in [2.24, 2.45) is 5.73 Å². The van der Waals surface area contributed by atoms with E-state index < -0.39 is 0 Å². The predicted octanol–water partition coefficient (Wildman–Crippen LogP) is 1.91. The molecule has 1 aromatic carbocycles. The number of fused-ring (bicyclic) bond motifs is 1. The molecular formula is C13H16N2O. The third-order valence-electron chi connectivity index (χ3n) is 3.31. The average molecular weight is 216 g/mol. The first-order chi connectivity index (χ1) is 7.56. The maximum atomic E-state index is 11.8. The van der Waals surface area contributed by atoms with Gasteiger partial charge in [-0.1, -0.05) is 12.1 Å². The molecule has 0 saturated carbocycles. The van der Waals surface area contributed by atoms with Crippen LogP contribution in [-0.4, -0.2) is 4.98 Å². The highest BCUT2D eigenvalue weighted by Crippen LogP contribution is 2.22. The topological polar surface area (TPSA) is 58.9 Å². The van der Waals surface area contributed by atoms with Crippen LogP contribution < -0.4 is 11.3 Å². The molecule has 0 radical (unpaired) electrons. The third kappa shape index (κ3) is 1.44. The van der Waals surface area contributed by atoms with Gasteiger partial charge in [-0.2, -0.15) is 0 Å². The van der Waals surface area contributed by atoms with Crippen LogP contribution in [0.4, 0.5) is 0 Å². The zero-order valence-electron chi connectivity index (χ0n) is 9.85. The Morgan fingerprint density at radius 1 is 1.19 bits per heavy atom. The standard InChI is InChI=1S/C13H16N2O/c1-7-4-5-10-9(3)11(6-14)13(16)15-12(10)8(7)2/h4-5H,6,14H2,1-3H3,(H,15,16). The summed E-state index contributed by atoms with van der Waals surface area (Å²) in [5.41, 5.74) is 10.4. The number of nitrogens with one attached hydrogen (secondary N) is 1. The molecule has 1 heterocycles. The molecule has 0 fully saturated rings. The lowest BCUT2D eigenvalue weighted by molar-refractivity contribution is 1.01. The molecule has 0 aliphatic heterocycles. The Labute approximate surface area is 94.3 Å². The smallest absolute Gasteiger partial charge is 0.253 e. The van der Waals surface area contributed by atoms with Crippen LogP contribution in [0.15, 0.2) is 16.9 Å². The maximum Gasteiger partial charge on any atom is 0.253 e. The number of rotatable bonds is 1. The lowest BCUT2D eigenvalue weighted by Crippen LogP contribution is -2.18. The largest absolute Gasteiger partial charge is 0.326 e. The highest BCUT2D eigenvalue weighted by atomic mass is 16.1. The van der Waals surface area contributed by atoms with E-state index in [-0.39, 0.29) is 12.1 Å². The van der Waals surface area contributed by atoms with Crippen molar-refractivity contribution in [3.05, 3.63) is 44.7 Å². The first-order valence-electron chi connectivity index (χ1n) is 5.38. The van der Waals surface area contributed by atoms with Gasteiger partial charge in [0.15, 0.2) is 0 Å². The third-order valence-corrected chi connectivity index (χ3v) is 3.31. The van der Waals surface area contributed by atoms with Crippen LogP contribution in [0.2, 0.25) is 0 Å². The highest BCUT2D eigenvalue weighted by Gasteiger charge is 2.09. The van der Waals surface area contributed by atoms with Crippen molar-refractivity contribution in [3.8, 4) is 0 Å². The van der Waals surface area contributed by atoms with Gasteiger partial charge in [0.05, 0.1) is 5.52 Å². The van der Waals surface area contributed by atoms with E-state index in [1.807, 2.05) is 26.8 Å². The number of H-pyrrole nitrogens is 1. The minimum Gasteiger partial charge on any atom is -0.326 e. The van der Waals surface area contributed by atoms with Gasteiger partial charge >= 0.3 is 0 Å². The van der Waals surface area contributed by atoms with Crippen LogP contribution in [0.5, 0.6) is 0 Å². The fraction of sp³-hybridized carbons (Fsp3) is 0.308. The number of benzene rings is 1. The first kappa shape index (κ1) is 10.9. The van der Waals surface area contributed by atoms with Gasteiger partial charge in [0.1, 0.15) is 0 Å². The molecule has 16 heavy (non-hydrogen) atoms. The molecule has 1 aromatic heterocycles. The Balaban J connectivity index is 2.98. The molecule has 2 rings (SSSR count). The van der Waals surface area contributed by atoms with E-state index in [0.717, 1.165) is 22.0 Å². The SMILES string of the molecule is Cc1ccc2c(C)c(CN)c(=O)[nH]c2c1C. The van der Waals surface area contributed by atoms with Crippen molar-refractivity contribution < 1.29 is 0 Å². The summed E-state index contributed by atoms with van der Waals surface area (Å²) >= 11 is 0. The molecular weight excluding hydrogens is 200 g/mol. The molecule has 84 valence electrons. The Morgan fingerprint density at radius 3 is 2.50 bits per heavy atom. The van der Waals surface area contributed by atoms with Gasteiger partial charge < -0.3 is 10.7 Å². The van der Waals surface area contributed by atoms with Crippen molar-refractivity contribution in [2.45, 2.75) is 27.3 Å². The van der Waals surface area contributed by atoms with Gasteiger partial charge in [-0.25, -0.2) is 0 Å². The Morgan fingerprint density at radius 2 is 1.88 bits per heavy atom. The molecule has 0 atom stereocenters. The summed E-state index contributed by atoms with van der Waals surface area (Å²) in [5.74, 6) is 0. The second kappa shape index (κ2) is 3.76. The lowest BCUT2D eigenvalue weighted by Gasteiger charge is -2.10. The number of aryl methyl sites for hydroxylation is 3. The van der Waals surface area contributed by atoms with E-state index in [4.69, 9.17) is 5.73 Å². The van der Waals surface area contributed by atoms with E-state index in [1.165, 1.54) is 5.56 Å². The van der Waals surface area contributed by atoms with Crippen molar-refractivity contribution in [1.29, 1.82) is 0 Å². The molecule has 0 aliphatic rings. The molecule has 3 N–H and O–H groups in total. The van der Waals surface area contributed by atoms with Gasteiger partial charge in [-0.3, -0.25) is 4.79 Å². The van der Waals surface area contributed by atoms with E-state index in [9.17, 15) is 4.79 Å². The summed E-state index contributed by atoms with van der Waals surface area (Å²) in [6.45, 7) is 6.30. The molecule has 0 spiro atoms. The molecule has 0 amide bonds. The Bertz CT molecular complexity index is 611. The number of aromatic amines is 1. The molecule has 0 saturated heterocycles. The van der Waals surface area contributed by atoms with Crippen LogP contribution in [0.3, 0.4) is 0 Å². The highest BCUT2D eigenvalue weighted by molar-refractivity contribution is 5.86. The number of aromatic nitrogens is 1. The van der Waals surface area contributed by atoms with Gasteiger partial charge in [-0.05, 0) is 37.5 Å². The Hall–Kier alpha value is -1.61. The number of pyridine rings is 1. The maximum absolute atomic E-state index is 11.8. The zero-order valence-corrected chi connectivity index (χ0v) is 9.85. The van der Waals surface area contributed by atoms with Crippen molar-refractivity contribution in [3.63, 3.8) is 0 Å². The van der Waals surface area contributed by atoms with Crippen LogP contribution in [0, 0.1) is 20.8 Å². The average Bonchev–Trinajstić information content (AvgIpc) is 2.25. The second-order valence-corrected chi connectivity index (χ2v) is 4.19. The fourth-order valence-electron chi connectivity index (χ4n) is 2.06. The van der Waals surface area contributed by atoms with Crippen LogP contribution in [-0.2, 0) is 6.54 Å². The minimum atomic E-state index is -0.0683. The summed E-state index contributed by atoms with van der Waals surface area (Å²) in [5, 5.41) is 1.09. The van der Waals surface area contributed by atoms with Gasteiger partial charge in [0.2, 0.25) is 0 Å². The van der Waals surface area contributed by atoms with E-state index in [1.54, 1.807) is 0 Å². The summed E-state index contributed by atoms with van der Waals surface area (Å²) in [7, 11) is 0. The number of nitrogens with two attached hydrogens (primary N) is 1. The monoisotopic (exact) mass is 216 g/mol. The quantitative estimate of drug-likeness (QED) is 0.765. The molecule has 0 bridgehead atoms. The van der Waals surface area contributed by atoms with Gasteiger partial charge in [0.25, 0.3) is 5.56 Å². The van der Waals surface area contributed by atoms with E-state index in [2.05, 4.69) is 11.1 Å². The van der Waals surface area contributed by atoms with Crippen LogP contribution >= 0.6 is 0 Å². The van der Waals surface area contributed by atoms with Crippen LogP contribution in [0.1, 0.15) is 22.3 Å². The van der Waals surface area contributed by atoms with E-state index in [0.29, 0.717) is 5.56 Å². The molecule has 0 unspecified atom stereocenters. The fourth-order valence-corrected chi connectivity index (χ4v) is 2.06. The molecule has 3 nitrogen and oxygen atoms in total. The molecule has 3 heteroatoms. The van der Waals surface area contributed by atoms with Crippen molar-refractivity contribution in [2.75, 3.05) is 0 Å². The minimum absolute atomic E-state index is 0.0683. The van der Waals surface area contributed by atoms with Crippen LogP contribution in [0.25, 0.3) is 10.9 Å². The van der Waals surface area contributed by atoms with Crippen molar-refractivity contribution in [1.82, 2.24) is 4.98 Å². The zero-order chi connectivity index (χ0) is 11.9. The first-order valence-corrected chi connectivity index (χ1v) is 5.38. The second-order valence-electron chi connectivity index (χ2n) is 4.19. The molecule has 2 aromatic rings. The van der Waals surface area contributed by atoms with Crippen molar-refractivity contribution >= 4 is 10.9 Å². The summed E-state index contributed by atoms with van der Waals surface area (Å²) < 4.78 is 0. The summed E-state index contributed by atoms with van der Waals surface area (Å²) in [4.78, 5) is 14.7. The number of hydrogen-bond acceptors (Lipinski definition) is 2. The molecule has 0 aliphatic carbocycles. The Kier molecular flexibility index (Phi) is 2.56. The number of hydrogen-bond donors (Lipinski definition) is 2.